The van der Waals surface area contributed by atoms with Crippen molar-refractivity contribution in [1.29, 1.82) is 0 Å². The zero-order chi connectivity index (χ0) is 21.1. The zero-order valence-electron chi connectivity index (χ0n) is 15.3. The molecule has 0 aliphatic rings. The molecule has 7 nitrogen and oxygen atoms in total. The van der Waals surface area contributed by atoms with Gasteiger partial charge >= 0.3 is 11.6 Å². The van der Waals surface area contributed by atoms with Crippen LogP contribution in [0.2, 0.25) is 0 Å². The van der Waals surface area contributed by atoms with E-state index in [1.165, 1.54) is 17.4 Å². The third kappa shape index (κ3) is 4.47. The summed E-state index contributed by atoms with van der Waals surface area (Å²) >= 11 is 4.66. The maximum atomic E-state index is 12.2. The largest absolute Gasteiger partial charge is 0.452 e. The van der Waals surface area contributed by atoms with Gasteiger partial charge in [0.25, 0.3) is 5.91 Å². The van der Waals surface area contributed by atoms with Crippen LogP contribution in [0.1, 0.15) is 10.4 Å². The summed E-state index contributed by atoms with van der Waals surface area (Å²) in [5.41, 5.74) is 0.880. The Labute approximate surface area is 182 Å². The van der Waals surface area contributed by atoms with Crippen LogP contribution in [-0.4, -0.2) is 23.5 Å². The summed E-state index contributed by atoms with van der Waals surface area (Å²) in [6, 6.07) is 15.8. The van der Waals surface area contributed by atoms with Gasteiger partial charge in [0.2, 0.25) is 0 Å². The average Bonchev–Trinajstić information content (AvgIpc) is 3.20. The van der Waals surface area contributed by atoms with Crippen LogP contribution >= 0.6 is 27.3 Å². The molecule has 0 aliphatic heterocycles. The van der Waals surface area contributed by atoms with Crippen molar-refractivity contribution >= 4 is 55.2 Å². The number of carbonyl (C=O) groups is 2. The molecular weight excluding hydrogens is 472 g/mol. The van der Waals surface area contributed by atoms with E-state index in [0.29, 0.717) is 21.8 Å². The Morgan fingerprint density at radius 3 is 2.80 bits per heavy atom. The number of halogens is 1. The van der Waals surface area contributed by atoms with Gasteiger partial charge < -0.3 is 9.15 Å². The van der Waals surface area contributed by atoms with Gasteiger partial charge in [-0.2, -0.15) is 0 Å². The fraction of sp³-hybridized carbons (Fsp3) is 0.0476. The maximum Gasteiger partial charge on any atom is 0.351 e. The molecule has 150 valence electrons. The second kappa shape index (κ2) is 8.60. The lowest BCUT2D eigenvalue weighted by Gasteiger charge is -2.05. The second-order valence-corrected chi connectivity index (χ2v) is 7.93. The molecule has 0 saturated heterocycles. The van der Waals surface area contributed by atoms with Gasteiger partial charge in [-0.1, -0.05) is 46.3 Å². The number of amides is 1. The topological polar surface area (TPSA) is 98.5 Å². The van der Waals surface area contributed by atoms with Crippen molar-refractivity contribution in [3.05, 3.63) is 80.4 Å². The van der Waals surface area contributed by atoms with E-state index >= 15 is 0 Å². The Kier molecular flexibility index (Phi) is 5.73. The number of thiazole rings is 1. The van der Waals surface area contributed by atoms with Crippen LogP contribution in [-0.2, 0) is 9.53 Å². The number of hydrogen-bond donors (Lipinski definition) is 1. The van der Waals surface area contributed by atoms with E-state index in [9.17, 15) is 14.4 Å². The summed E-state index contributed by atoms with van der Waals surface area (Å²) in [6.07, 6.45) is 0. The number of nitrogens with one attached hydrogen (secondary N) is 1. The quantitative estimate of drug-likeness (QED) is 0.331. The highest BCUT2D eigenvalue weighted by molar-refractivity contribution is 9.10. The molecule has 0 spiro atoms. The van der Waals surface area contributed by atoms with Gasteiger partial charge in [-0.05, 0) is 24.3 Å². The number of hydrogen-bond acceptors (Lipinski definition) is 7. The molecule has 0 unspecified atom stereocenters. The first kappa shape index (κ1) is 20.0. The standard InChI is InChI=1S/C21H13BrN2O5S/c22-14-6-3-5-12(8-14)16-11-30-21(23-16)24-18(25)10-28-19(26)15-9-13-4-1-2-7-17(13)29-20(15)27/h1-9,11H,10H2,(H,23,24,25). The van der Waals surface area contributed by atoms with Crippen LogP contribution in [0.4, 0.5) is 5.13 Å². The predicted molar refractivity (Wildman–Crippen MR) is 117 cm³/mol. The van der Waals surface area contributed by atoms with Crippen molar-refractivity contribution in [2.75, 3.05) is 11.9 Å². The Morgan fingerprint density at radius 1 is 1.13 bits per heavy atom. The number of para-hydroxylation sites is 1. The van der Waals surface area contributed by atoms with Gasteiger partial charge in [-0.25, -0.2) is 14.6 Å². The van der Waals surface area contributed by atoms with Crippen LogP contribution in [0.25, 0.3) is 22.2 Å². The number of benzene rings is 2. The number of ether oxygens (including phenoxy) is 1. The van der Waals surface area contributed by atoms with Crippen LogP contribution < -0.4 is 10.9 Å². The molecule has 0 aliphatic carbocycles. The van der Waals surface area contributed by atoms with Gasteiger partial charge in [0.05, 0.1) is 5.69 Å². The SMILES string of the molecule is O=C(COC(=O)c1cc2ccccc2oc1=O)Nc1nc(-c2cccc(Br)c2)cs1. The van der Waals surface area contributed by atoms with E-state index in [1.54, 1.807) is 24.3 Å². The fourth-order valence-corrected chi connectivity index (χ4v) is 3.82. The molecule has 2 aromatic carbocycles. The third-order valence-corrected chi connectivity index (χ3v) is 5.32. The molecule has 1 N–H and O–H groups in total. The zero-order valence-corrected chi connectivity index (χ0v) is 17.7. The van der Waals surface area contributed by atoms with Gasteiger partial charge in [0.1, 0.15) is 11.1 Å². The predicted octanol–water partition coefficient (Wildman–Crippen LogP) is 4.47. The molecule has 2 heterocycles. The van der Waals surface area contributed by atoms with Crippen LogP contribution in [0.3, 0.4) is 0 Å². The summed E-state index contributed by atoms with van der Waals surface area (Å²) in [7, 11) is 0. The lowest BCUT2D eigenvalue weighted by atomic mass is 10.2. The number of fused-ring (bicyclic) bond motifs is 1. The highest BCUT2D eigenvalue weighted by atomic mass is 79.9. The highest BCUT2D eigenvalue weighted by Crippen LogP contribution is 2.26. The number of aromatic nitrogens is 1. The monoisotopic (exact) mass is 484 g/mol. The number of carbonyl (C=O) groups excluding carboxylic acids is 2. The van der Waals surface area contributed by atoms with Crippen molar-refractivity contribution < 1.29 is 18.7 Å². The Balaban J connectivity index is 1.39. The Morgan fingerprint density at radius 2 is 1.97 bits per heavy atom. The van der Waals surface area contributed by atoms with E-state index < -0.39 is 24.1 Å². The van der Waals surface area contributed by atoms with E-state index in [2.05, 4.69) is 26.2 Å². The van der Waals surface area contributed by atoms with E-state index in [-0.39, 0.29) is 5.56 Å². The minimum Gasteiger partial charge on any atom is -0.452 e. The number of rotatable bonds is 5. The molecule has 4 rings (SSSR count). The van der Waals surface area contributed by atoms with Gasteiger partial charge in [0, 0.05) is 20.8 Å². The first-order valence-electron chi connectivity index (χ1n) is 8.71. The second-order valence-electron chi connectivity index (χ2n) is 6.16. The normalized spacial score (nSPS) is 10.7. The summed E-state index contributed by atoms with van der Waals surface area (Å²) in [4.78, 5) is 40.7. The number of esters is 1. The van der Waals surface area contributed by atoms with Crippen molar-refractivity contribution in [3.8, 4) is 11.3 Å². The van der Waals surface area contributed by atoms with E-state index in [0.717, 1.165) is 10.0 Å². The molecule has 30 heavy (non-hydrogen) atoms. The van der Waals surface area contributed by atoms with Crippen LogP contribution in [0.15, 0.2) is 73.7 Å². The lowest BCUT2D eigenvalue weighted by Crippen LogP contribution is -2.23. The third-order valence-electron chi connectivity index (χ3n) is 4.07. The fourth-order valence-electron chi connectivity index (χ4n) is 2.68. The molecule has 0 fully saturated rings. The van der Waals surface area contributed by atoms with Gasteiger partial charge in [-0.15, -0.1) is 11.3 Å². The Hall–Kier alpha value is -3.30. The minimum absolute atomic E-state index is 0.271. The van der Waals surface area contributed by atoms with Crippen LogP contribution in [0.5, 0.6) is 0 Å². The molecule has 0 atom stereocenters. The molecule has 9 heteroatoms. The first-order chi connectivity index (χ1) is 14.5. The summed E-state index contributed by atoms with van der Waals surface area (Å²) < 4.78 is 11.0. The molecule has 4 aromatic rings. The lowest BCUT2D eigenvalue weighted by molar-refractivity contribution is -0.119. The average molecular weight is 485 g/mol. The molecular formula is C21H13BrN2O5S. The first-order valence-corrected chi connectivity index (χ1v) is 10.4. The van der Waals surface area contributed by atoms with E-state index in [4.69, 9.17) is 9.15 Å². The van der Waals surface area contributed by atoms with Crippen molar-refractivity contribution in [3.63, 3.8) is 0 Å². The number of nitrogens with zero attached hydrogens (tertiary/aromatic N) is 1. The molecule has 1 amide bonds. The van der Waals surface area contributed by atoms with Gasteiger partial charge in [-0.3, -0.25) is 10.1 Å². The van der Waals surface area contributed by atoms with Crippen molar-refractivity contribution in [1.82, 2.24) is 4.98 Å². The Bertz CT molecular complexity index is 1310. The highest BCUT2D eigenvalue weighted by Gasteiger charge is 2.17. The van der Waals surface area contributed by atoms with Crippen molar-refractivity contribution in [2.24, 2.45) is 0 Å². The van der Waals surface area contributed by atoms with Crippen LogP contribution in [0, 0.1) is 0 Å². The summed E-state index contributed by atoms with van der Waals surface area (Å²) in [6.45, 7) is -0.559. The molecule has 0 saturated carbocycles. The maximum absolute atomic E-state index is 12.2. The summed E-state index contributed by atoms with van der Waals surface area (Å²) in [5, 5.41) is 5.34. The number of anilines is 1. The minimum atomic E-state index is -0.932. The summed E-state index contributed by atoms with van der Waals surface area (Å²) in [5.74, 6) is -1.50. The van der Waals surface area contributed by atoms with Gasteiger partial charge in [0.15, 0.2) is 11.7 Å². The molecule has 2 aromatic heterocycles. The molecule has 0 bridgehead atoms. The smallest absolute Gasteiger partial charge is 0.351 e. The van der Waals surface area contributed by atoms with Crippen molar-refractivity contribution in [2.45, 2.75) is 0 Å². The van der Waals surface area contributed by atoms with E-state index in [1.807, 2.05) is 29.6 Å². The molecule has 0 radical (unpaired) electrons.